The van der Waals surface area contributed by atoms with Crippen LogP contribution in [0.2, 0.25) is 0 Å². The van der Waals surface area contributed by atoms with Gasteiger partial charge in [0.1, 0.15) is 29.9 Å². The molecular formula is C36H46N8O8. The molecule has 1 aliphatic heterocycles. The molecule has 0 unspecified atom stereocenters. The van der Waals surface area contributed by atoms with Gasteiger partial charge in [0.05, 0.1) is 6.20 Å². The Balaban J connectivity index is 1.58. The van der Waals surface area contributed by atoms with Gasteiger partial charge in [-0.1, -0.05) is 62.4 Å². The van der Waals surface area contributed by atoms with Crippen LogP contribution in [0.4, 0.5) is 0 Å². The molecule has 278 valence electrons. The Morgan fingerprint density at radius 1 is 0.788 bits per heavy atom. The molecule has 0 saturated heterocycles. The third kappa shape index (κ3) is 12.9. The molecule has 1 aromatic carbocycles. The summed E-state index contributed by atoms with van der Waals surface area (Å²) in [7, 11) is 0. The van der Waals surface area contributed by atoms with E-state index in [2.05, 4.69) is 41.9 Å². The number of carboxylic acid groups (broad SMARTS) is 1. The average molecular weight is 719 g/mol. The number of hydrogen-bond acceptors (Lipinski definition) is 9. The fraction of sp³-hybridized carbons (Fsp3) is 0.472. The second kappa shape index (κ2) is 20.2. The number of carbonyl (C=O) groups is 7. The Labute approximate surface area is 301 Å². The number of aliphatic carboxylic acids is 1. The summed E-state index contributed by atoms with van der Waals surface area (Å²) < 4.78 is 0. The average Bonchev–Trinajstić information content (AvgIpc) is 3.14. The lowest BCUT2D eigenvalue weighted by Crippen LogP contribution is -2.57. The van der Waals surface area contributed by atoms with Crippen molar-refractivity contribution in [2.24, 2.45) is 5.92 Å². The van der Waals surface area contributed by atoms with Gasteiger partial charge in [0.2, 0.25) is 29.5 Å². The second-order valence-corrected chi connectivity index (χ2v) is 12.9. The summed E-state index contributed by atoms with van der Waals surface area (Å²) in [4.78, 5) is 99.0. The fourth-order valence-electron chi connectivity index (χ4n) is 6.19. The molecule has 0 bridgehead atoms. The van der Waals surface area contributed by atoms with Crippen LogP contribution in [0.5, 0.6) is 0 Å². The molecule has 1 aromatic heterocycles. The standard InChI is InChI=1S/C36H46N8O8/c45-30-13-14-31(46)42-27(20-23-8-3-1-4-9-23)34(49)44-28(21-24-10-5-2-6-11-24)35(50)43-25(32(47)40-17-15-26(41-30)36(51)52)12-7-16-39-33(48)29-22-37-18-19-38-29/h2,5-6,10-11,13-14,18-19,22-23,25-28H,1,3-4,7-9,12,15-17,20-21H2,(H,39,48)(H,40,47)(H,41,45)(H,42,46)(H,43,50)(H,44,49)(H,51,52)/b14-13+/t25-,26-,27-,28-/m0/s1. The zero-order chi connectivity index (χ0) is 37.3. The normalized spacial score (nSPS) is 23.3. The minimum absolute atomic E-state index is 0.0641. The van der Waals surface area contributed by atoms with Crippen LogP contribution in [0, 0.1) is 5.92 Å². The van der Waals surface area contributed by atoms with Crippen LogP contribution >= 0.6 is 0 Å². The molecule has 52 heavy (non-hydrogen) atoms. The summed E-state index contributed by atoms with van der Waals surface area (Å²) in [5.74, 6) is -5.14. The van der Waals surface area contributed by atoms with E-state index < -0.39 is 65.6 Å². The summed E-state index contributed by atoms with van der Waals surface area (Å²) >= 11 is 0. The van der Waals surface area contributed by atoms with Gasteiger partial charge in [-0.25, -0.2) is 9.78 Å². The molecule has 0 spiro atoms. The van der Waals surface area contributed by atoms with E-state index >= 15 is 0 Å². The maximum Gasteiger partial charge on any atom is 0.326 e. The van der Waals surface area contributed by atoms with Crippen molar-refractivity contribution in [3.8, 4) is 0 Å². The first-order valence-electron chi connectivity index (χ1n) is 17.6. The van der Waals surface area contributed by atoms with Gasteiger partial charge in [-0.05, 0) is 37.2 Å². The van der Waals surface area contributed by atoms with Crippen molar-refractivity contribution < 1.29 is 38.7 Å². The van der Waals surface area contributed by atoms with Gasteiger partial charge < -0.3 is 37.0 Å². The van der Waals surface area contributed by atoms with E-state index in [0.717, 1.165) is 49.8 Å². The third-order valence-electron chi connectivity index (χ3n) is 8.96. The van der Waals surface area contributed by atoms with E-state index in [1.165, 1.54) is 18.6 Å². The molecule has 7 N–H and O–H groups in total. The number of rotatable bonds is 10. The van der Waals surface area contributed by atoms with Crippen molar-refractivity contribution in [1.82, 2.24) is 41.9 Å². The predicted molar refractivity (Wildman–Crippen MR) is 187 cm³/mol. The molecule has 4 atom stereocenters. The van der Waals surface area contributed by atoms with Crippen LogP contribution < -0.4 is 31.9 Å². The molecular weight excluding hydrogens is 672 g/mol. The minimum atomic E-state index is -1.40. The lowest BCUT2D eigenvalue weighted by molar-refractivity contribution is -0.141. The first-order chi connectivity index (χ1) is 25.1. The van der Waals surface area contributed by atoms with Gasteiger partial charge in [-0.15, -0.1) is 0 Å². The number of aromatic nitrogens is 2. The molecule has 1 saturated carbocycles. The smallest absolute Gasteiger partial charge is 0.326 e. The van der Waals surface area contributed by atoms with Crippen molar-refractivity contribution in [2.45, 2.75) is 88.4 Å². The third-order valence-corrected chi connectivity index (χ3v) is 8.96. The van der Waals surface area contributed by atoms with Crippen molar-refractivity contribution in [3.05, 3.63) is 72.3 Å². The van der Waals surface area contributed by atoms with E-state index in [1.54, 1.807) is 24.3 Å². The van der Waals surface area contributed by atoms with Gasteiger partial charge >= 0.3 is 5.97 Å². The van der Waals surface area contributed by atoms with Crippen molar-refractivity contribution in [2.75, 3.05) is 13.1 Å². The molecule has 0 radical (unpaired) electrons. The summed E-state index contributed by atoms with van der Waals surface area (Å²) in [6.45, 7) is -0.0501. The molecule has 6 amide bonds. The zero-order valence-corrected chi connectivity index (χ0v) is 28.8. The van der Waals surface area contributed by atoms with E-state index in [1.807, 2.05) is 6.07 Å². The number of nitrogens with one attached hydrogen (secondary N) is 6. The van der Waals surface area contributed by atoms with Gasteiger partial charge in [0.15, 0.2) is 0 Å². The molecule has 16 nitrogen and oxygen atoms in total. The van der Waals surface area contributed by atoms with Gasteiger partial charge in [0, 0.05) is 44.1 Å². The van der Waals surface area contributed by atoms with Gasteiger partial charge in [-0.2, -0.15) is 0 Å². The summed E-state index contributed by atoms with van der Waals surface area (Å²) in [6, 6.07) is 4.25. The van der Waals surface area contributed by atoms with Crippen LogP contribution in [0.25, 0.3) is 0 Å². The fourth-order valence-corrected chi connectivity index (χ4v) is 6.19. The summed E-state index contributed by atoms with van der Waals surface area (Å²) in [5.41, 5.74) is 0.845. The monoisotopic (exact) mass is 718 g/mol. The van der Waals surface area contributed by atoms with Crippen LogP contribution in [0.15, 0.2) is 61.1 Å². The highest BCUT2D eigenvalue weighted by Crippen LogP contribution is 2.27. The van der Waals surface area contributed by atoms with Crippen LogP contribution in [-0.2, 0) is 35.2 Å². The van der Waals surface area contributed by atoms with Crippen molar-refractivity contribution in [3.63, 3.8) is 0 Å². The molecule has 1 fully saturated rings. The molecule has 2 aliphatic rings. The van der Waals surface area contributed by atoms with E-state index in [0.29, 0.717) is 6.42 Å². The number of hydrogen-bond donors (Lipinski definition) is 7. The van der Waals surface area contributed by atoms with E-state index in [4.69, 9.17) is 0 Å². The topological polar surface area (TPSA) is 238 Å². The summed E-state index contributed by atoms with van der Waals surface area (Å²) in [5, 5.41) is 25.5. The molecule has 2 heterocycles. The highest BCUT2D eigenvalue weighted by molar-refractivity contribution is 6.00. The Hall–Kier alpha value is -5.67. The maximum atomic E-state index is 14.0. The first kappa shape index (κ1) is 39.1. The van der Waals surface area contributed by atoms with Crippen LogP contribution in [-0.4, -0.2) is 93.7 Å². The molecule has 1 aliphatic carbocycles. The Morgan fingerprint density at radius 3 is 2.17 bits per heavy atom. The highest BCUT2D eigenvalue weighted by Gasteiger charge is 2.32. The molecule has 2 aromatic rings. The zero-order valence-electron chi connectivity index (χ0n) is 28.8. The van der Waals surface area contributed by atoms with Gasteiger partial charge in [-0.3, -0.25) is 33.8 Å². The highest BCUT2D eigenvalue weighted by atomic mass is 16.4. The number of benzene rings is 1. The predicted octanol–water partition coefficient (Wildman–Crippen LogP) is 0.300. The van der Waals surface area contributed by atoms with Crippen molar-refractivity contribution in [1.29, 1.82) is 0 Å². The molecule has 16 heteroatoms. The first-order valence-corrected chi connectivity index (χ1v) is 17.6. The summed E-state index contributed by atoms with van der Waals surface area (Å²) in [6.07, 6.45) is 11.2. The van der Waals surface area contributed by atoms with Gasteiger partial charge in [0.25, 0.3) is 5.91 Å². The number of amides is 6. The molecule has 4 rings (SSSR count). The van der Waals surface area contributed by atoms with E-state index in [9.17, 15) is 38.7 Å². The minimum Gasteiger partial charge on any atom is -0.480 e. The van der Waals surface area contributed by atoms with Crippen LogP contribution in [0.1, 0.15) is 73.8 Å². The quantitative estimate of drug-likeness (QED) is 0.166. The SMILES string of the molecule is O=C1/C=C/C(=O)N[C@@H](CC2CCCCC2)C(=O)N[C@@H](Cc2ccccc2)C(=O)N[C@@H](CCCNC(=O)c2cnccn2)C(=O)NCC[C@@H](C(=O)O)N1. The lowest BCUT2D eigenvalue weighted by atomic mass is 9.84. The Bertz CT molecular complexity index is 1580. The van der Waals surface area contributed by atoms with Crippen molar-refractivity contribution >= 4 is 41.4 Å². The number of carboxylic acids is 1. The van der Waals surface area contributed by atoms with E-state index in [-0.39, 0.29) is 50.4 Å². The maximum absolute atomic E-state index is 14.0. The lowest BCUT2D eigenvalue weighted by Gasteiger charge is -2.28. The Kier molecular flexibility index (Phi) is 15.2. The Morgan fingerprint density at radius 2 is 1.48 bits per heavy atom. The number of nitrogens with zero attached hydrogens (tertiary/aromatic N) is 2. The number of carbonyl (C=O) groups excluding carboxylic acids is 6. The van der Waals surface area contributed by atoms with Crippen LogP contribution in [0.3, 0.4) is 0 Å². The largest absolute Gasteiger partial charge is 0.480 e. The second-order valence-electron chi connectivity index (χ2n) is 12.9.